The van der Waals surface area contributed by atoms with Crippen molar-refractivity contribution >= 4 is 64.1 Å². The summed E-state index contributed by atoms with van der Waals surface area (Å²) in [7, 11) is 14.4. The molecule has 1 aromatic rings. The molecule has 0 saturated heterocycles. The molecule has 0 amide bonds. The van der Waals surface area contributed by atoms with Gasteiger partial charge >= 0.3 is 0 Å². The van der Waals surface area contributed by atoms with Gasteiger partial charge in [-0.25, -0.2) is 0 Å². The first-order valence-corrected chi connectivity index (χ1v) is 8.31. The highest BCUT2D eigenvalue weighted by atomic mass is 32.1. The van der Waals surface area contributed by atoms with Crippen LogP contribution in [0.15, 0.2) is 5.16 Å². The maximum Gasteiger partial charge on any atom is 0.103 e. The highest BCUT2D eigenvalue weighted by molar-refractivity contribution is 7.14. The summed E-state index contributed by atoms with van der Waals surface area (Å²) in [5, 5.41) is 13.4. The average molecular weight is 278 g/mol. The number of hydrogen-bond acceptors (Lipinski definition) is 3. The fraction of sp³-hybridized carbons (Fsp3) is 0.545. The lowest BCUT2D eigenvalue weighted by Gasteiger charge is -2.58. The third-order valence-corrected chi connectivity index (χ3v) is 7.84. The first-order chi connectivity index (χ1) is 9.13. The molecule has 20 heavy (non-hydrogen) atoms. The van der Waals surface area contributed by atoms with Crippen molar-refractivity contribution in [1.29, 1.82) is 0 Å². The number of hydrogen-bond donors (Lipinski definition) is 1. The predicted molar refractivity (Wildman–Crippen MR) is 103 cm³/mol. The Kier molecular flexibility index (Phi) is 2.94. The molecule has 0 radical (unpaired) electrons. The summed E-state index contributed by atoms with van der Waals surface area (Å²) < 4.78 is 0. The zero-order valence-corrected chi connectivity index (χ0v) is 14.2. The Morgan fingerprint density at radius 1 is 1.05 bits per heavy atom. The van der Waals surface area contributed by atoms with Crippen LogP contribution in [0.4, 0.5) is 0 Å². The SMILES string of the molecule is BC1(B)Cc2sc3c(c2C(B)(B)C1(B)B)CC/C3=N\O. The van der Waals surface area contributed by atoms with Crippen LogP contribution in [0.2, 0.25) is 10.4 Å². The normalized spacial score (nSPS) is 27.1. The van der Waals surface area contributed by atoms with Gasteiger partial charge < -0.3 is 5.21 Å². The topological polar surface area (TPSA) is 32.6 Å². The molecular formula is C11H19B6NOS. The quantitative estimate of drug-likeness (QED) is 0.300. The van der Waals surface area contributed by atoms with E-state index in [2.05, 4.69) is 52.2 Å². The summed E-state index contributed by atoms with van der Waals surface area (Å²) >= 11 is 1.87. The molecule has 0 saturated carbocycles. The molecule has 0 atom stereocenters. The van der Waals surface area contributed by atoms with E-state index in [-0.39, 0.29) is 15.6 Å². The van der Waals surface area contributed by atoms with Crippen LogP contribution in [-0.4, -0.2) is 58.0 Å². The van der Waals surface area contributed by atoms with E-state index in [1.807, 2.05) is 11.3 Å². The molecule has 2 nitrogen and oxygen atoms in total. The van der Waals surface area contributed by atoms with E-state index >= 15 is 0 Å². The average Bonchev–Trinajstić information content (AvgIpc) is 2.84. The second-order valence-electron chi connectivity index (χ2n) is 8.07. The van der Waals surface area contributed by atoms with Gasteiger partial charge in [-0.15, -0.1) is 11.3 Å². The van der Waals surface area contributed by atoms with E-state index < -0.39 is 0 Å². The highest BCUT2D eigenvalue weighted by Gasteiger charge is 2.53. The van der Waals surface area contributed by atoms with Gasteiger partial charge in [0, 0.05) is 4.88 Å². The van der Waals surface area contributed by atoms with Gasteiger partial charge in [0.15, 0.2) is 0 Å². The molecule has 0 bridgehead atoms. The van der Waals surface area contributed by atoms with E-state index in [0.29, 0.717) is 0 Å². The second-order valence-corrected chi connectivity index (χ2v) is 9.17. The molecule has 2 aliphatic rings. The van der Waals surface area contributed by atoms with Crippen molar-refractivity contribution in [2.75, 3.05) is 0 Å². The van der Waals surface area contributed by atoms with Crippen molar-refractivity contribution in [2.24, 2.45) is 5.16 Å². The largest absolute Gasteiger partial charge is 0.411 e. The molecule has 0 spiro atoms. The van der Waals surface area contributed by atoms with Crippen LogP contribution in [0.5, 0.6) is 0 Å². The molecule has 0 unspecified atom stereocenters. The fourth-order valence-electron chi connectivity index (χ4n) is 4.07. The first-order valence-electron chi connectivity index (χ1n) is 7.50. The fourth-order valence-corrected chi connectivity index (χ4v) is 5.82. The molecule has 1 N–H and O–H groups in total. The summed E-state index contributed by atoms with van der Waals surface area (Å²) in [6, 6.07) is 0. The van der Waals surface area contributed by atoms with E-state index in [1.54, 1.807) is 5.56 Å². The number of nitrogens with zero attached hydrogens (tertiary/aromatic N) is 1. The lowest BCUT2D eigenvalue weighted by atomic mass is 9.15. The maximum absolute atomic E-state index is 9.20. The molecular weight excluding hydrogens is 259 g/mol. The molecule has 0 aliphatic heterocycles. The minimum Gasteiger partial charge on any atom is -0.411 e. The lowest BCUT2D eigenvalue weighted by Crippen LogP contribution is -2.54. The Bertz CT molecular complexity index is 621. The minimum absolute atomic E-state index is 0.152. The molecule has 0 aromatic carbocycles. The van der Waals surface area contributed by atoms with Crippen molar-refractivity contribution in [3.05, 3.63) is 20.9 Å². The van der Waals surface area contributed by atoms with E-state index in [1.165, 1.54) is 15.3 Å². The summed E-state index contributed by atoms with van der Waals surface area (Å²) in [6.07, 6.45) is 3.07. The van der Waals surface area contributed by atoms with Crippen LogP contribution >= 0.6 is 11.3 Å². The van der Waals surface area contributed by atoms with Gasteiger partial charge in [-0.1, -0.05) is 20.8 Å². The summed E-state index contributed by atoms with van der Waals surface area (Å²) in [5.41, 5.74) is 3.91. The smallest absolute Gasteiger partial charge is 0.103 e. The molecule has 98 valence electrons. The van der Waals surface area contributed by atoms with Crippen LogP contribution in [0.3, 0.4) is 0 Å². The summed E-state index contributed by atoms with van der Waals surface area (Å²) in [4.78, 5) is 2.77. The lowest BCUT2D eigenvalue weighted by molar-refractivity contribution is 0.318. The van der Waals surface area contributed by atoms with Crippen LogP contribution in [0.25, 0.3) is 0 Å². The van der Waals surface area contributed by atoms with Crippen LogP contribution < -0.4 is 0 Å². The van der Waals surface area contributed by atoms with Crippen LogP contribution in [0.1, 0.15) is 27.3 Å². The van der Waals surface area contributed by atoms with Crippen molar-refractivity contribution in [1.82, 2.24) is 0 Å². The Hall–Kier alpha value is -0.440. The molecule has 0 fully saturated rings. The van der Waals surface area contributed by atoms with Gasteiger partial charge in [0.1, 0.15) is 15.7 Å². The van der Waals surface area contributed by atoms with Crippen molar-refractivity contribution in [2.45, 2.75) is 34.9 Å². The van der Waals surface area contributed by atoms with Gasteiger partial charge in [0.2, 0.25) is 0 Å². The summed E-state index contributed by atoms with van der Waals surface area (Å²) in [6.45, 7) is 0. The zero-order valence-electron chi connectivity index (χ0n) is 13.4. The van der Waals surface area contributed by atoms with E-state index in [4.69, 9.17) is 0 Å². The maximum atomic E-state index is 9.20. The summed E-state index contributed by atoms with van der Waals surface area (Å²) in [5.74, 6) is 0. The molecule has 1 heterocycles. The number of oxime groups is 1. The van der Waals surface area contributed by atoms with Crippen molar-refractivity contribution < 1.29 is 5.21 Å². The Balaban J connectivity index is 2.27. The minimum atomic E-state index is 0.152. The van der Waals surface area contributed by atoms with Gasteiger partial charge in [0.05, 0.1) is 42.0 Å². The Morgan fingerprint density at radius 3 is 2.30 bits per heavy atom. The predicted octanol–water partition coefficient (Wildman–Crippen LogP) is -3.39. The molecule has 1 aromatic heterocycles. The van der Waals surface area contributed by atoms with E-state index in [9.17, 15) is 5.21 Å². The highest BCUT2D eigenvalue weighted by Crippen LogP contribution is 2.61. The Morgan fingerprint density at radius 2 is 1.70 bits per heavy atom. The standard InChI is InChI=1S/C11H19B6NOS/c12-9(13)3-6-7(10(14,15)11(9,16)17)4-1-2-5(18-19)8(4)20-6/h19H,1-3,12-17H2/b18-5+. The van der Waals surface area contributed by atoms with Crippen molar-refractivity contribution in [3.8, 4) is 0 Å². The van der Waals surface area contributed by atoms with Gasteiger partial charge in [0.25, 0.3) is 0 Å². The van der Waals surface area contributed by atoms with Crippen LogP contribution in [-0.2, 0) is 18.1 Å². The Labute approximate surface area is 130 Å². The molecule has 2 aliphatic carbocycles. The zero-order chi connectivity index (χ0) is 14.9. The molecule has 9 heteroatoms. The first kappa shape index (κ1) is 14.5. The van der Waals surface area contributed by atoms with Gasteiger partial charge in [-0.3, -0.25) is 0 Å². The van der Waals surface area contributed by atoms with Crippen molar-refractivity contribution in [3.63, 3.8) is 0 Å². The number of fused-ring (bicyclic) bond motifs is 3. The third-order valence-electron chi connectivity index (χ3n) is 6.56. The second kappa shape index (κ2) is 4.06. The van der Waals surface area contributed by atoms with Gasteiger partial charge in [-0.05, 0) is 30.4 Å². The van der Waals surface area contributed by atoms with E-state index in [0.717, 1.165) is 25.0 Å². The number of thiophene rings is 1. The number of rotatable bonds is 0. The van der Waals surface area contributed by atoms with Crippen LogP contribution in [0, 0.1) is 0 Å². The third kappa shape index (κ3) is 1.56. The molecule has 3 rings (SSSR count). The van der Waals surface area contributed by atoms with Gasteiger partial charge in [-0.2, -0.15) is 0 Å². The monoisotopic (exact) mass is 279 g/mol.